The monoisotopic (exact) mass is 432 g/mol. The van der Waals surface area contributed by atoms with Crippen LogP contribution in [-0.4, -0.2) is 24.5 Å². The highest BCUT2D eigenvalue weighted by Crippen LogP contribution is 2.36. The number of sulfone groups is 1. The van der Waals surface area contributed by atoms with Crippen LogP contribution in [0.4, 0.5) is 4.39 Å². The van der Waals surface area contributed by atoms with Crippen LogP contribution in [0.2, 0.25) is 5.02 Å². The van der Waals surface area contributed by atoms with Crippen molar-refractivity contribution in [3.8, 4) is 26.7 Å². The molecule has 2 heterocycles. The highest BCUT2D eigenvalue weighted by Gasteiger charge is 2.16. The minimum Gasteiger partial charge on any atom is -0.229 e. The summed E-state index contributed by atoms with van der Waals surface area (Å²) in [5.74, 6) is -0.535. The summed E-state index contributed by atoms with van der Waals surface area (Å²) in [6, 6.07) is 17.2. The van der Waals surface area contributed by atoms with Crippen molar-refractivity contribution in [2.24, 2.45) is 0 Å². The lowest BCUT2D eigenvalue weighted by molar-refractivity contribution is 0.602. The molecule has 0 saturated carbocycles. The topological polar surface area (TPSA) is 52.0 Å². The molecule has 142 valence electrons. The second-order valence-electron chi connectivity index (χ2n) is 6.17. The van der Waals surface area contributed by atoms with Crippen molar-refractivity contribution in [2.45, 2.75) is 4.90 Å². The van der Waals surface area contributed by atoms with Gasteiger partial charge in [0.1, 0.15) is 5.69 Å². The van der Waals surface area contributed by atoms with Crippen molar-refractivity contribution in [2.75, 3.05) is 6.26 Å². The fourth-order valence-electron chi connectivity index (χ4n) is 2.85. The Labute approximate surface area is 170 Å². The van der Waals surface area contributed by atoms with Gasteiger partial charge in [0, 0.05) is 11.1 Å². The van der Waals surface area contributed by atoms with Crippen LogP contribution >= 0.6 is 22.9 Å². The molecule has 0 aliphatic carbocycles. The molecule has 0 aliphatic heterocycles. The van der Waals surface area contributed by atoms with Gasteiger partial charge < -0.3 is 0 Å². The standard InChI is InChI=1S/C20H14ClFN2O2S2/c1-28(25,26)14-5-2-4-13(12-14)18-8-9-19(27-18)16-10-11-23-24(16)17-7-3-6-15(21)20(17)22/h2-12H,1H3. The number of benzene rings is 2. The third-order valence-electron chi connectivity index (χ3n) is 4.21. The van der Waals surface area contributed by atoms with Gasteiger partial charge in [-0.25, -0.2) is 17.5 Å². The van der Waals surface area contributed by atoms with Gasteiger partial charge in [0.05, 0.1) is 26.7 Å². The maximum Gasteiger partial charge on any atom is 0.175 e. The molecule has 0 bridgehead atoms. The molecule has 4 nitrogen and oxygen atoms in total. The number of hydrogen-bond acceptors (Lipinski definition) is 4. The first-order valence-electron chi connectivity index (χ1n) is 8.24. The lowest BCUT2D eigenvalue weighted by Crippen LogP contribution is -2.01. The molecule has 28 heavy (non-hydrogen) atoms. The predicted molar refractivity (Wildman–Crippen MR) is 110 cm³/mol. The van der Waals surface area contributed by atoms with Crippen molar-refractivity contribution in [3.63, 3.8) is 0 Å². The summed E-state index contributed by atoms with van der Waals surface area (Å²) in [6.07, 6.45) is 2.78. The van der Waals surface area contributed by atoms with Crippen molar-refractivity contribution < 1.29 is 12.8 Å². The average Bonchev–Trinajstić information content (AvgIpc) is 3.32. The van der Waals surface area contributed by atoms with E-state index in [1.807, 2.05) is 18.2 Å². The van der Waals surface area contributed by atoms with E-state index in [1.54, 1.807) is 42.6 Å². The summed E-state index contributed by atoms with van der Waals surface area (Å²) < 4.78 is 39.6. The molecule has 0 fully saturated rings. The smallest absolute Gasteiger partial charge is 0.175 e. The average molecular weight is 433 g/mol. The molecule has 4 rings (SSSR count). The summed E-state index contributed by atoms with van der Waals surface area (Å²) in [6.45, 7) is 0. The normalized spacial score (nSPS) is 11.7. The highest BCUT2D eigenvalue weighted by molar-refractivity contribution is 7.90. The van der Waals surface area contributed by atoms with Gasteiger partial charge >= 0.3 is 0 Å². The van der Waals surface area contributed by atoms with Crippen molar-refractivity contribution >= 4 is 32.8 Å². The number of thiophene rings is 1. The molecule has 0 radical (unpaired) electrons. The summed E-state index contributed by atoms with van der Waals surface area (Å²) in [4.78, 5) is 2.04. The first kappa shape index (κ1) is 18.9. The lowest BCUT2D eigenvalue weighted by Gasteiger charge is -2.08. The molecular formula is C20H14ClFN2O2S2. The molecule has 8 heteroatoms. The van der Waals surface area contributed by atoms with Crippen LogP contribution in [0.5, 0.6) is 0 Å². The Morgan fingerprint density at radius 2 is 1.79 bits per heavy atom. The first-order valence-corrected chi connectivity index (χ1v) is 11.3. The Hall–Kier alpha value is -2.48. The Balaban J connectivity index is 1.76. The predicted octanol–water partition coefficient (Wildman–Crippen LogP) is 5.46. The van der Waals surface area contributed by atoms with Crippen LogP contribution in [0.3, 0.4) is 0 Å². The summed E-state index contributed by atoms with van der Waals surface area (Å²) >= 11 is 7.37. The Kier molecular flexibility index (Phi) is 4.82. The van der Waals surface area contributed by atoms with E-state index < -0.39 is 15.7 Å². The van der Waals surface area contributed by atoms with Gasteiger partial charge in [0.2, 0.25) is 0 Å². The number of halogens is 2. The summed E-state index contributed by atoms with van der Waals surface area (Å²) in [5, 5.41) is 4.27. The van der Waals surface area contributed by atoms with Crippen LogP contribution in [-0.2, 0) is 9.84 Å². The maximum absolute atomic E-state index is 14.4. The fraction of sp³-hybridized carbons (Fsp3) is 0.0500. The molecule has 0 atom stereocenters. The van der Waals surface area contributed by atoms with E-state index >= 15 is 0 Å². The van der Waals surface area contributed by atoms with Gasteiger partial charge in [-0.1, -0.05) is 29.8 Å². The third kappa shape index (κ3) is 3.48. The number of hydrogen-bond donors (Lipinski definition) is 0. The zero-order valence-electron chi connectivity index (χ0n) is 14.6. The van der Waals surface area contributed by atoms with Gasteiger partial charge in [-0.05, 0) is 48.0 Å². The summed E-state index contributed by atoms with van der Waals surface area (Å²) in [5.41, 5.74) is 1.79. The third-order valence-corrected chi connectivity index (χ3v) is 6.77. The van der Waals surface area contributed by atoms with Gasteiger partial charge in [-0.2, -0.15) is 5.10 Å². The van der Waals surface area contributed by atoms with E-state index in [4.69, 9.17) is 11.6 Å². The van der Waals surface area contributed by atoms with Crippen LogP contribution < -0.4 is 0 Å². The van der Waals surface area contributed by atoms with E-state index in [-0.39, 0.29) is 15.6 Å². The molecule has 0 amide bonds. The van der Waals surface area contributed by atoms with Crippen molar-refractivity contribution in [1.29, 1.82) is 0 Å². The Morgan fingerprint density at radius 1 is 1.04 bits per heavy atom. The van der Waals surface area contributed by atoms with Crippen LogP contribution in [0.1, 0.15) is 0 Å². The summed E-state index contributed by atoms with van der Waals surface area (Å²) in [7, 11) is -3.28. The molecule has 0 spiro atoms. The Morgan fingerprint density at radius 3 is 2.57 bits per heavy atom. The maximum atomic E-state index is 14.4. The van der Waals surface area contributed by atoms with Crippen LogP contribution in [0.15, 0.2) is 71.8 Å². The second kappa shape index (κ2) is 7.16. The van der Waals surface area contributed by atoms with Gasteiger partial charge in [-0.3, -0.25) is 0 Å². The van der Waals surface area contributed by atoms with Gasteiger partial charge in [-0.15, -0.1) is 11.3 Å². The van der Waals surface area contributed by atoms with E-state index in [1.165, 1.54) is 28.3 Å². The molecule has 0 unspecified atom stereocenters. The Bertz CT molecular complexity index is 1280. The van der Waals surface area contributed by atoms with Gasteiger partial charge in [0.15, 0.2) is 15.7 Å². The van der Waals surface area contributed by atoms with E-state index in [2.05, 4.69) is 5.10 Å². The molecule has 0 N–H and O–H groups in total. The van der Waals surface area contributed by atoms with E-state index in [0.717, 1.165) is 21.0 Å². The fourth-order valence-corrected chi connectivity index (χ4v) is 4.70. The number of aromatic nitrogens is 2. The van der Waals surface area contributed by atoms with Gasteiger partial charge in [0.25, 0.3) is 0 Å². The highest BCUT2D eigenvalue weighted by atomic mass is 35.5. The molecular weight excluding hydrogens is 419 g/mol. The van der Waals surface area contributed by atoms with E-state index in [9.17, 15) is 12.8 Å². The molecule has 2 aromatic heterocycles. The molecule has 0 aliphatic rings. The molecule has 4 aromatic rings. The lowest BCUT2D eigenvalue weighted by atomic mass is 10.2. The van der Waals surface area contributed by atoms with Crippen molar-refractivity contribution in [1.82, 2.24) is 9.78 Å². The van der Waals surface area contributed by atoms with E-state index in [0.29, 0.717) is 0 Å². The quantitative estimate of drug-likeness (QED) is 0.430. The van der Waals surface area contributed by atoms with Crippen LogP contribution in [0, 0.1) is 5.82 Å². The zero-order chi connectivity index (χ0) is 19.9. The number of nitrogens with zero attached hydrogens (tertiary/aromatic N) is 2. The largest absolute Gasteiger partial charge is 0.229 e. The minimum atomic E-state index is -3.28. The SMILES string of the molecule is CS(=O)(=O)c1cccc(-c2ccc(-c3ccnn3-c3cccc(Cl)c3F)s2)c1. The van der Waals surface area contributed by atoms with Crippen LogP contribution in [0.25, 0.3) is 26.7 Å². The molecule has 2 aromatic carbocycles. The second-order valence-corrected chi connectivity index (χ2v) is 9.67. The first-order chi connectivity index (χ1) is 13.3. The van der Waals surface area contributed by atoms with Crippen molar-refractivity contribution in [3.05, 3.63) is 77.7 Å². The number of rotatable bonds is 4. The zero-order valence-corrected chi connectivity index (χ0v) is 17.0. The molecule has 0 saturated heterocycles. The minimum absolute atomic E-state index is 0.0309.